The predicted octanol–water partition coefficient (Wildman–Crippen LogP) is 0.705. The molecule has 0 aliphatic carbocycles. The minimum absolute atomic E-state index is 0.383. The van der Waals surface area contributed by atoms with Crippen LogP contribution in [0.25, 0.3) is 0 Å². The second kappa shape index (κ2) is 4.60. The van der Waals surface area contributed by atoms with Crippen LogP contribution in [0.5, 0.6) is 0 Å². The van der Waals surface area contributed by atoms with Gasteiger partial charge in [0.25, 0.3) is 0 Å². The molecule has 0 unspecified atom stereocenters. The first kappa shape index (κ1) is 10.4. The van der Waals surface area contributed by atoms with Gasteiger partial charge in [0.15, 0.2) is 0 Å². The minimum atomic E-state index is 0.383. The Morgan fingerprint density at radius 2 is 2.21 bits per heavy atom. The molecule has 3 atom stereocenters. The second-order valence-electron chi connectivity index (χ2n) is 4.88. The Bertz CT molecular complexity index is 186. The zero-order valence-corrected chi connectivity index (χ0v) is 9.33. The first-order chi connectivity index (χ1) is 6.74. The third-order valence-corrected chi connectivity index (χ3v) is 3.20. The van der Waals surface area contributed by atoms with Gasteiger partial charge in [0.05, 0.1) is 12.2 Å². The molecule has 2 heterocycles. The van der Waals surface area contributed by atoms with E-state index >= 15 is 0 Å². The molecule has 2 fully saturated rings. The number of hydrogen-bond donors (Lipinski definition) is 1. The highest BCUT2D eigenvalue weighted by atomic mass is 16.5. The maximum atomic E-state index is 5.88. The summed E-state index contributed by atoms with van der Waals surface area (Å²) in [6.07, 6.45) is 2.15. The molecule has 2 aliphatic rings. The van der Waals surface area contributed by atoms with E-state index in [2.05, 4.69) is 24.1 Å². The van der Waals surface area contributed by atoms with E-state index < -0.39 is 0 Å². The topological polar surface area (TPSA) is 24.5 Å². The highest BCUT2D eigenvalue weighted by molar-refractivity contribution is 4.79. The van der Waals surface area contributed by atoms with E-state index in [4.69, 9.17) is 4.74 Å². The summed E-state index contributed by atoms with van der Waals surface area (Å²) in [7, 11) is 0. The molecule has 2 aliphatic heterocycles. The van der Waals surface area contributed by atoms with Gasteiger partial charge in [-0.2, -0.15) is 0 Å². The highest BCUT2D eigenvalue weighted by Gasteiger charge is 2.25. The van der Waals surface area contributed by atoms with Crippen LogP contribution < -0.4 is 5.32 Å². The van der Waals surface area contributed by atoms with Crippen LogP contribution in [0.15, 0.2) is 0 Å². The second-order valence-corrected chi connectivity index (χ2v) is 4.88. The summed E-state index contributed by atoms with van der Waals surface area (Å²) < 4.78 is 5.88. The van der Waals surface area contributed by atoms with Gasteiger partial charge in [-0.05, 0) is 25.8 Å². The highest BCUT2D eigenvalue weighted by Crippen LogP contribution is 2.16. The molecule has 0 aromatic carbocycles. The molecule has 2 rings (SSSR count). The van der Waals surface area contributed by atoms with Crippen LogP contribution in [-0.4, -0.2) is 49.8 Å². The van der Waals surface area contributed by atoms with E-state index in [9.17, 15) is 0 Å². The van der Waals surface area contributed by atoms with Gasteiger partial charge in [0.1, 0.15) is 0 Å². The Morgan fingerprint density at radius 1 is 1.36 bits per heavy atom. The lowest BCUT2D eigenvalue weighted by molar-refractivity contribution is -0.0400. The fraction of sp³-hybridized carbons (Fsp3) is 1.00. The molecular formula is C11H22N2O. The molecule has 82 valence electrons. The Kier molecular flexibility index (Phi) is 3.42. The smallest absolute Gasteiger partial charge is 0.0830 e. The SMILES string of the molecule is C[C@H]1CCN(C[C@@H]2CNC[C@@H](C)O2)C1. The number of nitrogens with one attached hydrogen (secondary N) is 1. The van der Waals surface area contributed by atoms with E-state index in [-0.39, 0.29) is 0 Å². The van der Waals surface area contributed by atoms with Crippen LogP contribution in [0.1, 0.15) is 20.3 Å². The zero-order valence-electron chi connectivity index (χ0n) is 9.33. The van der Waals surface area contributed by atoms with Crippen LogP contribution in [0.4, 0.5) is 0 Å². The molecule has 0 aromatic rings. The van der Waals surface area contributed by atoms with Gasteiger partial charge < -0.3 is 15.0 Å². The fourth-order valence-corrected chi connectivity index (χ4v) is 2.46. The van der Waals surface area contributed by atoms with Gasteiger partial charge in [-0.25, -0.2) is 0 Å². The van der Waals surface area contributed by atoms with Crippen LogP contribution in [0.3, 0.4) is 0 Å². The maximum absolute atomic E-state index is 5.88. The molecular weight excluding hydrogens is 176 g/mol. The van der Waals surface area contributed by atoms with E-state index in [1.807, 2.05) is 0 Å². The standard InChI is InChI=1S/C11H22N2O/c1-9-3-4-13(7-9)8-11-6-12-5-10(2)14-11/h9-12H,3-8H2,1-2H3/t9-,10+,11-/m0/s1. The molecule has 0 saturated carbocycles. The van der Waals surface area contributed by atoms with Crippen LogP contribution in [-0.2, 0) is 4.74 Å². The van der Waals surface area contributed by atoms with Gasteiger partial charge in [0.2, 0.25) is 0 Å². The summed E-state index contributed by atoms with van der Waals surface area (Å²) in [6, 6.07) is 0. The van der Waals surface area contributed by atoms with Crippen molar-refractivity contribution in [1.82, 2.24) is 10.2 Å². The van der Waals surface area contributed by atoms with Crippen molar-refractivity contribution >= 4 is 0 Å². The largest absolute Gasteiger partial charge is 0.371 e. The predicted molar refractivity (Wildman–Crippen MR) is 57.4 cm³/mol. The average Bonchev–Trinajstić information content (AvgIpc) is 2.51. The first-order valence-electron chi connectivity index (χ1n) is 5.82. The summed E-state index contributed by atoms with van der Waals surface area (Å²) in [5, 5.41) is 3.42. The lowest BCUT2D eigenvalue weighted by atomic mass is 10.2. The van der Waals surface area contributed by atoms with Gasteiger partial charge in [-0.15, -0.1) is 0 Å². The third-order valence-electron chi connectivity index (χ3n) is 3.20. The molecule has 3 nitrogen and oxygen atoms in total. The van der Waals surface area contributed by atoms with E-state index in [1.165, 1.54) is 19.5 Å². The molecule has 3 heteroatoms. The van der Waals surface area contributed by atoms with Crippen molar-refractivity contribution in [2.45, 2.75) is 32.5 Å². The first-order valence-corrected chi connectivity index (χ1v) is 5.82. The Hall–Kier alpha value is -0.120. The van der Waals surface area contributed by atoms with Crippen molar-refractivity contribution < 1.29 is 4.74 Å². The van der Waals surface area contributed by atoms with Crippen LogP contribution in [0.2, 0.25) is 0 Å². The normalized spacial score (nSPS) is 40.3. The van der Waals surface area contributed by atoms with Gasteiger partial charge in [-0.3, -0.25) is 0 Å². The van der Waals surface area contributed by atoms with Crippen molar-refractivity contribution in [1.29, 1.82) is 0 Å². The fourth-order valence-electron chi connectivity index (χ4n) is 2.46. The van der Waals surface area contributed by atoms with Crippen molar-refractivity contribution in [2.24, 2.45) is 5.92 Å². The van der Waals surface area contributed by atoms with Crippen molar-refractivity contribution in [3.8, 4) is 0 Å². The molecule has 0 radical (unpaired) electrons. The summed E-state index contributed by atoms with van der Waals surface area (Å²) in [4.78, 5) is 2.54. The summed E-state index contributed by atoms with van der Waals surface area (Å²) in [6.45, 7) is 10.1. The number of likely N-dealkylation sites (tertiary alicyclic amines) is 1. The van der Waals surface area contributed by atoms with E-state index in [1.54, 1.807) is 0 Å². The van der Waals surface area contributed by atoms with Crippen molar-refractivity contribution in [3.05, 3.63) is 0 Å². The summed E-state index contributed by atoms with van der Waals surface area (Å²) >= 11 is 0. The lowest BCUT2D eigenvalue weighted by Gasteiger charge is -2.31. The molecule has 0 spiro atoms. The Balaban J connectivity index is 1.74. The molecule has 0 aromatic heterocycles. The average molecular weight is 198 g/mol. The quantitative estimate of drug-likeness (QED) is 0.707. The molecule has 0 amide bonds. The van der Waals surface area contributed by atoms with E-state index in [0.717, 1.165) is 25.6 Å². The number of rotatable bonds is 2. The number of nitrogens with zero attached hydrogens (tertiary/aromatic N) is 1. The minimum Gasteiger partial charge on any atom is -0.371 e. The lowest BCUT2D eigenvalue weighted by Crippen LogP contribution is -2.48. The molecule has 2 saturated heterocycles. The Morgan fingerprint density at radius 3 is 2.86 bits per heavy atom. The Labute approximate surface area is 86.8 Å². The monoisotopic (exact) mass is 198 g/mol. The maximum Gasteiger partial charge on any atom is 0.0830 e. The van der Waals surface area contributed by atoms with Crippen LogP contribution in [0, 0.1) is 5.92 Å². The van der Waals surface area contributed by atoms with Crippen molar-refractivity contribution in [3.63, 3.8) is 0 Å². The molecule has 0 bridgehead atoms. The molecule has 14 heavy (non-hydrogen) atoms. The van der Waals surface area contributed by atoms with Gasteiger partial charge in [0, 0.05) is 26.2 Å². The number of hydrogen-bond acceptors (Lipinski definition) is 3. The van der Waals surface area contributed by atoms with E-state index in [0.29, 0.717) is 12.2 Å². The zero-order chi connectivity index (χ0) is 9.97. The summed E-state index contributed by atoms with van der Waals surface area (Å²) in [5.41, 5.74) is 0. The number of morpholine rings is 1. The van der Waals surface area contributed by atoms with Crippen LogP contribution >= 0.6 is 0 Å². The van der Waals surface area contributed by atoms with Gasteiger partial charge >= 0.3 is 0 Å². The van der Waals surface area contributed by atoms with Crippen molar-refractivity contribution in [2.75, 3.05) is 32.7 Å². The summed E-state index contributed by atoms with van der Waals surface area (Å²) in [5.74, 6) is 0.879. The number of ether oxygens (including phenoxy) is 1. The third kappa shape index (κ3) is 2.69. The van der Waals surface area contributed by atoms with Gasteiger partial charge in [-0.1, -0.05) is 6.92 Å². The molecule has 1 N–H and O–H groups in total.